The number of aromatic nitrogens is 1. The third kappa shape index (κ3) is 2.94. The lowest BCUT2D eigenvalue weighted by Crippen LogP contribution is -2.04. The summed E-state index contributed by atoms with van der Waals surface area (Å²) in [7, 11) is 0. The molecule has 1 N–H and O–H groups in total. The molecule has 0 spiro atoms. The van der Waals surface area contributed by atoms with Crippen molar-refractivity contribution in [3.8, 4) is 11.6 Å². The molecule has 0 aliphatic heterocycles. The van der Waals surface area contributed by atoms with E-state index < -0.39 is 28.2 Å². The first-order valence-corrected chi connectivity index (χ1v) is 5.71. The average Bonchev–Trinajstić information content (AvgIpc) is 2.40. The molecule has 1 heterocycles. The normalized spacial score (nSPS) is 10.2. The van der Waals surface area contributed by atoms with Gasteiger partial charge in [-0.25, -0.2) is 14.2 Å². The molecular formula is C13H9FN2O5. The molecule has 0 fully saturated rings. The SMILES string of the molecule is Cc1ccc([N+](=O)[O-])c(Oc2nccc(C(=O)O)c2F)c1. The number of carbonyl (C=O) groups is 1. The standard InChI is InChI=1S/C13H9FN2O5/c1-7-2-3-9(16(19)20)10(6-7)21-12-11(14)8(13(17)18)4-5-15-12/h2-6H,1H3,(H,17,18). The Labute approximate surface area is 117 Å². The molecule has 2 aromatic rings. The average molecular weight is 292 g/mol. The Hall–Kier alpha value is -3.03. The summed E-state index contributed by atoms with van der Waals surface area (Å²) in [5, 5.41) is 19.7. The van der Waals surface area contributed by atoms with Crippen LogP contribution in [-0.2, 0) is 0 Å². The fraction of sp³-hybridized carbons (Fsp3) is 0.0769. The smallest absolute Gasteiger partial charge is 0.338 e. The monoisotopic (exact) mass is 292 g/mol. The lowest BCUT2D eigenvalue weighted by atomic mass is 10.2. The summed E-state index contributed by atoms with van der Waals surface area (Å²) in [5.41, 5.74) is -0.344. The number of nitro groups is 1. The van der Waals surface area contributed by atoms with Crippen LogP contribution in [-0.4, -0.2) is 21.0 Å². The lowest BCUT2D eigenvalue weighted by molar-refractivity contribution is -0.385. The van der Waals surface area contributed by atoms with E-state index in [1.807, 2.05) is 0 Å². The van der Waals surface area contributed by atoms with Crippen molar-refractivity contribution >= 4 is 11.7 Å². The van der Waals surface area contributed by atoms with Crippen LogP contribution in [0.4, 0.5) is 10.1 Å². The predicted molar refractivity (Wildman–Crippen MR) is 69.1 cm³/mol. The minimum absolute atomic E-state index is 0.214. The van der Waals surface area contributed by atoms with Gasteiger partial charge < -0.3 is 9.84 Å². The van der Waals surface area contributed by atoms with Crippen LogP contribution in [0.5, 0.6) is 11.6 Å². The van der Waals surface area contributed by atoms with Gasteiger partial charge in [-0.3, -0.25) is 10.1 Å². The highest BCUT2D eigenvalue weighted by atomic mass is 19.1. The molecular weight excluding hydrogens is 283 g/mol. The van der Waals surface area contributed by atoms with Crippen molar-refractivity contribution < 1.29 is 24.0 Å². The Morgan fingerprint density at radius 2 is 2.14 bits per heavy atom. The molecule has 0 saturated carbocycles. The van der Waals surface area contributed by atoms with Crippen LogP contribution < -0.4 is 4.74 Å². The van der Waals surface area contributed by atoms with Gasteiger partial charge in [0.05, 0.1) is 4.92 Å². The highest BCUT2D eigenvalue weighted by Gasteiger charge is 2.21. The number of halogens is 1. The minimum Gasteiger partial charge on any atom is -0.478 e. The molecule has 108 valence electrons. The van der Waals surface area contributed by atoms with Crippen molar-refractivity contribution in [3.63, 3.8) is 0 Å². The minimum atomic E-state index is -1.49. The van der Waals surface area contributed by atoms with Crippen LogP contribution in [0.1, 0.15) is 15.9 Å². The topological polar surface area (TPSA) is 103 Å². The number of nitro benzene ring substituents is 1. The summed E-state index contributed by atoms with van der Waals surface area (Å²) >= 11 is 0. The highest BCUT2D eigenvalue weighted by Crippen LogP contribution is 2.32. The van der Waals surface area contributed by atoms with Gasteiger partial charge in [0.15, 0.2) is 5.82 Å². The molecule has 0 amide bonds. The van der Waals surface area contributed by atoms with Crippen molar-refractivity contribution in [2.45, 2.75) is 6.92 Å². The Bertz CT molecular complexity index is 732. The van der Waals surface area contributed by atoms with Crippen LogP contribution in [0.2, 0.25) is 0 Å². The molecule has 0 saturated heterocycles. The molecule has 0 atom stereocenters. The second-order valence-corrected chi connectivity index (χ2v) is 4.11. The molecule has 1 aromatic heterocycles. The van der Waals surface area contributed by atoms with E-state index in [9.17, 15) is 19.3 Å². The van der Waals surface area contributed by atoms with Crippen LogP contribution in [0.3, 0.4) is 0 Å². The number of benzene rings is 1. The molecule has 0 bridgehead atoms. The zero-order valence-corrected chi connectivity index (χ0v) is 10.7. The third-order valence-corrected chi connectivity index (χ3v) is 2.61. The van der Waals surface area contributed by atoms with Crippen molar-refractivity contribution in [1.82, 2.24) is 4.98 Å². The molecule has 1 aromatic carbocycles. The molecule has 2 rings (SSSR count). The summed E-state index contributed by atoms with van der Waals surface area (Å²) in [6.45, 7) is 1.67. The number of carboxylic acid groups (broad SMARTS) is 1. The van der Waals surface area contributed by atoms with Gasteiger partial charge in [-0.2, -0.15) is 0 Å². The Morgan fingerprint density at radius 3 is 2.76 bits per heavy atom. The van der Waals surface area contributed by atoms with Crippen LogP contribution >= 0.6 is 0 Å². The van der Waals surface area contributed by atoms with Gasteiger partial charge in [-0.15, -0.1) is 0 Å². The lowest BCUT2D eigenvalue weighted by Gasteiger charge is -2.08. The van der Waals surface area contributed by atoms with Crippen LogP contribution in [0.25, 0.3) is 0 Å². The Balaban J connectivity index is 2.48. The number of aromatic carboxylic acids is 1. The number of carboxylic acids is 1. The van der Waals surface area contributed by atoms with E-state index in [0.717, 1.165) is 12.3 Å². The molecule has 21 heavy (non-hydrogen) atoms. The van der Waals surface area contributed by atoms with Crippen molar-refractivity contribution in [2.75, 3.05) is 0 Å². The number of nitrogens with zero attached hydrogens (tertiary/aromatic N) is 2. The summed E-state index contributed by atoms with van der Waals surface area (Å²) in [5.74, 6) is -3.53. The van der Waals surface area contributed by atoms with E-state index in [1.54, 1.807) is 6.92 Å². The summed E-state index contributed by atoms with van der Waals surface area (Å²) in [4.78, 5) is 24.6. The summed E-state index contributed by atoms with van der Waals surface area (Å²) in [6, 6.07) is 5.02. The fourth-order valence-corrected chi connectivity index (χ4v) is 1.62. The largest absolute Gasteiger partial charge is 0.478 e. The number of hydrogen-bond acceptors (Lipinski definition) is 5. The molecule has 0 radical (unpaired) electrons. The van der Waals surface area contributed by atoms with E-state index in [0.29, 0.717) is 5.56 Å². The fourth-order valence-electron chi connectivity index (χ4n) is 1.62. The number of hydrogen-bond donors (Lipinski definition) is 1. The highest BCUT2D eigenvalue weighted by molar-refractivity contribution is 5.88. The summed E-state index contributed by atoms with van der Waals surface area (Å²) < 4.78 is 19.0. The van der Waals surface area contributed by atoms with E-state index in [-0.39, 0.29) is 11.4 Å². The van der Waals surface area contributed by atoms with E-state index >= 15 is 0 Å². The quantitative estimate of drug-likeness (QED) is 0.686. The molecule has 0 aliphatic rings. The van der Waals surface area contributed by atoms with Gasteiger partial charge in [-0.1, -0.05) is 6.07 Å². The third-order valence-electron chi connectivity index (χ3n) is 2.61. The van der Waals surface area contributed by atoms with E-state index in [2.05, 4.69) is 4.98 Å². The van der Waals surface area contributed by atoms with Gasteiger partial charge in [-0.05, 0) is 24.6 Å². The Kier molecular flexibility index (Phi) is 3.79. The van der Waals surface area contributed by atoms with Crippen molar-refractivity contribution in [2.24, 2.45) is 0 Å². The summed E-state index contributed by atoms with van der Waals surface area (Å²) in [6.07, 6.45) is 1.05. The zero-order valence-electron chi connectivity index (χ0n) is 10.7. The second-order valence-electron chi connectivity index (χ2n) is 4.11. The Morgan fingerprint density at radius 1 is 1.43 bits per heavy atom. The maximum Gasteiger partial charge on any atom is 0.338 e. The van der Waals surface area contributed by atoms with Gasteiger partial charge in [0.25, 0.3) is 5.88 Å². The first kappa shape index (κ1) is 14.4. The van der Waals surface area contributed by atoms with Crippen LogP contribution in [0.15, 0.2) is 30.5 Å². The number of ether oxygens (including phenoxy) is 1. The first-order valence-electron chi connectivity index (χ1n) is 5.71. The predicted octanol–water partition coefficient (Wildman–Crippen LogP) is 2.93. The number of rotatable bonds is 4. The van der Waals surface area contributed by atoms with Crippen LogP contribution in [0, 0.1) is 22.9 Å². The molecule has 0 unspecified atom stereocenters. The van der Waals surface area contributed by atoms with Crippen molar-refractivity contribution in [3.05, 3.63) is 57.5 Å². The first-order chi connectivity index (χ1) is 9.90. The maximum absolute atomic E-state index is 13.9. The van der Waals surface area contributed by atoms with Gasteiger partial charge in [0, 0.05) is 12.3 Å². The van der Waals surface area contributed by atoms with E-state index in [1.165, 1.54) is 18.2 Å². The number of aryl methyl sites for hydroxylation is 1. The zero-order chi connectivity index (χ0) is 15.6. The second kappa shape index (κ2) is 5.53. The molecule has 8 heteroatoms. The van der Waals surface area contributed by atoms with E-state index in [4.69, 9.17) is 9.84 Å². The molecule has 7 nitrogen and oxygen atoms in total. The number of pyridine rings is 1. The van der Waals surface area contributed by atoms with Gasteiger partial charge in [0.1, 0.15) is 5.56 Å². The molecule has 0 aliphatic carbocycles. The maximum atomic E-state index is 13.9. The van der Waals surface area contributed by atoms with Gasteiger partial charge in [0.2, 0.25) is 5.75 Å². The van der Waals surface area contributed by atoms with Crippen molar-refractivity contribution in [1.29, 1.82) is 0 Å². The van der Waals surface area contributed by atoms with Gasteiger partial charge >= 0.3 is 11.7 Å².